The largest absolute Gasteiger partial charge is 0.160 e. The van der Waals surface area contributed by atoms with Crippen LogP contribution in [-0.2, 0) is 0 Å². The smallest absolute Gasteiger partial charge is 0.0313 e. The summed E-state index contributed by atoms with van der Waals surface area (Å²) < 4.78 is 1.04. The third-order valence-corrected chi connectivity index (χ3v) is 14.8. The zero-order valence-electron chi connectivity index (χ0n) is 12.3. The molecule has 0 aromatic rings. The van der Waals surface area contributed by atoms with E-state index in [-0.39, 0.29) is 0 Å². The molecule has 3 fully saturated rings. The topological polar surface area (TPSA) is 0 Å². The molecule has 3 heterocycles. The summed E-state index contributed by atoms with van der Waals surface area (Å²) in [5.74, 6) is 11.0. The van der Waals surface area contributed by atoms with Crippen LogP contribution in [0.5, 0.6) is 0 Å². The SMILES string of the molecule is CC1(CSC2CSC2)CSC(C)(CSC2CSC2)CS1. The van der Waals surface area contributed by atoms with Crippen molar-refractivity contribution in [2.45, 2.75) is 33.8 Å². The molecule has 3 aliphatic rings. The van der Waals surface area contributed by atoms with Gasteiger partial charge in [-0.1, -0.05) is 0 Å². The lowest BCUT2D eigenvalue weighted by Crippen LogP contribution is -2.42. The molecule has 2 atom stereocenters. The molecule has 2 unspecified atom stereocenters. The second-order valence-electron chi connectivity index (χ2n) is 6.42. The molecule has 116 valence electrons. The van der Waals surface area contributed by atoms with Gasteiger partial charge < -0.3 is 0 Å². The predicted octanol–water partition coefficient (Wildman–Crippen LogP) is 4.68. The highest BCUT2D eigenvalue weighted by molar-refractivity contribution is 8.11. The molecule has 3 rings (SSSR count). The highest BCUT2D eigenvalue weighted by atomic mass is 32.2. The first-order valence-electron chi connectivity index (χ1n) is 7.24. The third-order valence-electron chi connectivity index (χ3n) is 3.92. The van der Waals surface area contributed by atoms with Gasteiger partial charge in [0, 0.05) is 66.0 Å². The summed E-state index contributed by atoms with van der Waals surface area (Å²) in [4.78, 5) is 0. The number of hydrogen-bond donors (Lipinski definition) is 0. The van der Waals surface area contributed by atoms with Gasteiger partial charge in [0.2, 0.25) is 0 Å². The van der Waals surface area contributed by atoms with Crippen LogP contribution >= 0.6 is 70.6 Å². The molecule has 0 aromatic heterocycles. The molecule has 0 aliphatic carbocycles. The van der Waals surface area contributed by atoms with Gasteiger partial charge in [0.1, 0.15) is 0 Å². The van der Waals surface area contributed by atoms with E-state index in [0.717, 1.165) is 10.5 Å². The van der Waals surface area contributed by atoms with Gasteiger partial charge in [-0.15, -0.1) is 0 Å². The van der Waals surface area contributed by atoms with E-state index in [1.165, 1.54) is 46.0 Å². The van der Waals surface area contributed by atoms with Crippen LogP contribution in [0.15, 0.2) is 0 Å². The Morgan fingerprint density at radius 3 is 1.45 bits per heavy atom. The zero-order valence-corrected chi connectivity index (χ0v) is 17.2. The van der Waals surface area contributed by atoms with E-state index in [1.54, 1.807) is 0 Å². The molecule has 0 aromatic carbocycles. The van der Waals surface area contributed by atoms with Crippen LogP contribution in [-0.4, -0.2) is 66.0 Å². The average Bonchev–Trinajstić information content (AvgIpc) is 2.30. The van der Waals surface area contributed by atoms with Crippen LogP contribution < -0.4 is 0 Å². The van der Waals surface area contributed by atoms with Crippen LogP contribution in [0.4, 0.5) is 0 Å². The number of rotatable bonds is 6. The molecule has 3 saturated heterocycles. The van der Waals surface area contributed by atoms with Gasteiger partial charge in [-0.3, -0.25) is 0 Å². The maximum Gasteiger partial charge on any atom is 0.0313 e. The normalized spacial score (nSPS) is 39.3. The fraction of sp³-hybridized carbons (Fsp3) is 1.00. The van der Waals surface area contributed by atoms with E-state index in [1.807, 2.05) is 0 Å². The standard InChI is InChI=1S/C14H24S6/c1-13(7-17-11-3-15-4-11)9-20-14(2,10-19-13)8-18-12-5-16-6-12/h11-12H,3-10H2,1-2H3. The van der Waals surface area contributed by atoms with E-state index in [2.05, 4.69) is 84.4 Å². The summed E-state index contributed by atoms with van der Waals surface area (Å²) in [5.41, 5.74) is 0. The fourth-order valence-corrected chi connectivity index (χ4v) is 10.9. The summed E-state index contributed by atoms with van der Waals surface area (Å²) >= 11 is 13.2. The van der Waals surface area contributed by atoms with Gasteiger partial charge in [-0.2, -0.15) is 70.6 Å². The maximum atomic E-state index is 2.50. The van der Waals surface area contributed by atoms with E-state index in [4.69, 9.17) is 0 Å². The Kier molecular flexibility index (Phi) is 6.21. The van der Waals surface area contributed by atoms with Crippen LogP contribution in [0.3, 0.4) is 0 Å². The Morgan fingerprint density at radius 2 is 1.20 bits per heavy atom. The lowest BCUT2D eigenvalue weighted by atomic mass is 10.2. The van der Waals surface area contributed by atoms with E-state index < -0.39 is 0 Å². The lowest BCUT2D eigenvalue weighted by Gasteiger charge is -2.43. The second-order valence-corrected chi connectivity index (χ2v) is 14.3. The molecule has 0 spiro atoms. The van der Waals surface area contributed by atoms with Crippen molar-refractivity contribution in [1.29, 1.82) is 0 Å². The monoisotopic (exact) mass is 384 g/mol. The first-order valence-corrected chi connectivity index (χ1v) is 13.6. The number of thioether (sulfide) groups is 6. The Labute approximate surface area is 149 Å². The maximum absolute atomic E-state index is 2.50. The molecule has 0 amide bonds. The summed E-state index contributed by atoms with van der Waals surface area (Å²) in [5, 5.41) is 1.92. The minimum absolute atomic E-state index is 0.520. The Hall–Kier alpha value is 2.10. The summed E-state index contributed by atoms with van der Waals surface area (Å²) in [7, 11) is 0. The van der Waals surface area contributed by atoms with Crippen molar-refractivity contribution in [3.63, 3.8) is 0 Å². The van der Waals surface area contributed by atoms with Gasteiger partial charge in [-0.05, 0) is 13.8 Å². The van der Waals surface area contributed by atoms with E-state index >= 15 is 0 Å². The van der Waals surface area contributed by atoms with Crippen molar-refractivity contribution in [2.75, 3.05) is 46.0 Å². The molecule has 0 bridgehead atoms. The highest BCUT2D eigenvalue weighted by Gasteiger charge is 2.40. The predicted molar refractivity (Wildman–Crippen MR) is 109 cm³/mol. The molecule has 6 heteroatoms. The van der Waals surface area contributed by atoms with Gasteiger partial charge in [0.05, 0.1) is 0 Å². The van der Waals surface area contributed by atoms with Crippen LogP contribution in [0.2, 0.25) is 0 Å². The lowest BCUT2D eigenvalue weighted by molar-refractivity contribution is 0.755. The van der Waals surface area contributed by atoms with Gasteiger partial charge >= 0.3 is 0 Å². The van der Waals surface area contributed by atoms with Crippen molar-refractivity contribution in [1.82, 2.24) is 0 Å². The Balaban J connectivity index is 1.39. The van der Waals surface area contributed by atoms with Crippen molar-refractivity contribution in [3.8, 4) is 0 Å². The fourth-order valence-electron chi connectivity index (χ4n) is 2.11. The van der Waals surface area contributed by atoms with Gasteiger partial charge in [0.15, 0.2) is 0 Å². The first-order chi connectivity index (χ1) is 9.57. The summed E-state index contributed by atoms with van der Waals surface area (Å²) in [6.07, 6.45) is 0. The molecule has 0 radical (unpaired) electrons. The second kappa shape index (κ2) is 7.33. The molecule has 0 saturated carbocycles. The zero-order chi connectivity index (χ0) is 14.1. The van der Waals surface area contributed by atoms with Gasteiger partial charge in [0.25, 0.3) is 0 Å². The highest BCUT2D eigenvalue weighted by Crippen LogP contribution is 2.48. The molecule has 0 nitrogen and oxygen atoms in total. The molecular formula is C14H24S6. The van der Waals surface area contributed by atoms with E-state index in [0.29, 0.717) is 9.49 Å². The van der Waals surface area contributed by atoms with Gasteiger partial charge in [-0.25, -0.2) is 0 Å². The van der Waals surface area contributed by atoms with Crippen molar-refractivity contribution < 1.29 is 0 Å². The van der Waals surface area contributed by atoms with Crippen molar-refractivity contribution in [2.24, 2.45) is 0 Å². The molecular weight excluding hydrogens is 361 g/mol. The van der Waals surface area contributed by atoms with Crippen LogP contribution in [0.25, 0.3) is 0 Å². The minimum atomic E-state index is 0.520. The molecule has 3 aliphatic heterocycles. The van der Waals surface area contributed by atoms with Crippen molar-refractivity contribution >= 4 is 70.6 Å². The minimum Gasteiger partial charge on any atom is -0.160 e. The molecule has 20 heavy (non-hydrogen) atoms. The van der Waals surface area contributed by atoms with E-state index in [9.17, 15) is 0 Å². The summed E-state index contributed by atoms with van der Waals surface area (Å²) in [6, 6.07) is 0. The van der Waals surface area contributed by atoms with Crippen molar-refractivity contribution in [3.05, 3.63) is 0 Å². The summed E-state index contributed by atoms with van der Waals surface area (Å²) in [6.45, 7) is 5.00. The quantitative estimate of drug-likeness (QED) is 0.647. The number of hydrogen-bond acceptors (Lipinski definition) is 6. The van der Waals surface area contributed by atoms with Crippen LogP contribution in [0, 0.1) is 0 Å². The Bertz CT molecular complexity index is 286. The van der Waals surface area contributed by atoms with Crippen LogP contribution in [0.1, 0.15) is 13.8 Å². The average molecular weight is 385 g/mol. The first kappa shape index (κ1) is 16.9. The molecule has 0 N–H and O–H groups in total. The Morgan fingerprint density at radius 1 is 0.800 bits per heavy atom. The third kappa shape index (κ3) is 4.56.